The predicted octanol–water partition coefficient (Wildman–Crippen LogP) is 9.14. The van der Waals surface area contributed by atoms with Gasteiger partial charge in [0, 0.05) is 0 Å². The molecule has 0 N–H and O–H groups in total. The molecule has 3 aliphatic rings. The van der Waals surface area contributed by atoms with Crippen LogP contribution in [0, 0.1) is 35.0 Å². The van der Waals surface area contributed by atoms with Gasteiger partial charge in [-0.25, -0.2) is 0 Å². The quantitative estimate of drug-likeness (QED) is 0.424. The Morgan fingerprint density at radius 3 is 2.36 bits per heavy atom. The molecule has 0 bridgehead atoms. The van der Waals surface area contributed by atoms with Gasteiger partial charge in [-0.1, -0.05) is 96.8 Å². The van der Waals surface area contributed by atoms with Crippen LogP contribution in [0.5, 0.6) is 0 Å². The highest BCUT2D eigenvalue weighted by Gasteiger charge is 2.50. The Hall–Kier alpha value is -0.780. The summed E-state index contributed by atoms with van der Waals surface area (Å²) in [5, 5.41) is 0. The molecule has 3 rings (SSSR count). The minimum absolute atomic E-state index is 0.568. The topological polar surface area (TPSA) is 0 Å². The van der Waals surface area contributed by atoms with Crippen molar-refractivity contribution in [3.8, 4) is 0 Å². The maximum atomic E-state index is 4.31. The molecule has 0 aliphatic heterocycles. The summed E-state index contributed by atoms with van der Waals surface area (Å²) in [7, 11) is 0. The molecule has 28 heavy (non-hydrogen) atoms. The van der Waals surface area contributed by atoms with E-state index < -0.39 is 0 Å². The molecule has 3 saturated carbocycles. The Morgan fingerprint density at radius 2 is 1.75 bits per heavy atom. The molecule has 0 spiro atoms. The Balaban J connectivity index is 0.00000136. The molecule has 160 valence electrons. The van der Waals surface area contributed by atoms with E-state index in [-0.39, 0.29) is 0 Å². The minimum atomic E-state index is 0.568. The van der Waals surface area contributed by atoms with Crippen LogP contribution in [-0.4, -0.2) is 0 Å². The summed E-state index contributed by atoms with van der Waals surface area (Å²) in [4.78, 5) is 0. The summed E-state index contributed by atoms with van der Waals surface area (Å²) in [6, 6.07) is 0. The van der Waals surface area contributed by atoms with Crippen LogP contribution in [0.1, 0.15) is 106 Å². The van der Waals surface area contributed by atoms with E-state index in [1.54, 1.807) is 11.1 Å². The molecule has 3 aliphatic carbocycles. The fraction of sp³-hybridized carbons (Fsp3) is 0.786. The molecule has 0 heterocycles. The second kappa shape index (κ2) is 10.3. The van der Waals surface area contributed by atoms with Gasteiger partial charge in [0.05, 0.1) is 0 Å². The van der Waals surface area contributed by atoms with Crippen LogP contribution in [0.4, 0.5) is 0 Å². The van der Waals surface area contributed by atoms with Gasteiger partial charge in [0.2, 0.25) is 0 Å². The van der Waals surface area contributed by atoms with E-state index >= 15 is 0 Å². The van der Waals surface area contributed by atoms with Crippen molar-refractivity contribution in [2.24, 2.45) is 35.0 Å². The molecular weight excluding hydrogens is 336 g/mol. The van der Waals surface area contributed by atoms with Gasteiger partial charge in [-0.2, -0.15) is 0 Å². The first-order chi connectivity index (χ1) is 13.4. The van der Waals surface area contributed by atoms with Crippen molar-refractivity contribution in [3.63, 3.8) is 0 Å². The van der Waals surface area contributed by atoms with Crippen molar-refractivity contribution in [1.29, 1.82) is 0 Å². The maximum absolute atomic E-state index is 4.31. The largest absolute Gasteiger partial charge is 0.0993 e. The highest BCUT2D eigenvalue weighted by atomic mass is 14.5. The number of hydrogen-bond donors (Lipinski definition) is 0. The summed E-state index contributed by atoms with van der Waals surface area (Å²) in [5.74, 6) is 4.02. The number of fused-ring (bicyclic) bond motifs is 1. The van der Waals surface area contributed by atoms with Gasteiger partial charge in [-0.3, -0.25) is 0 Å². The van der Waals surface area contributed by atoms with Gasteiger partial charge >= 0.3 is 0 Å². The number of allylic oxidation sites excluding steroid dienone is 5. The predicted molar refractivity (Wildman–Crippen MR) is 126 cm³/mol. The highest BCUT2D eigenvalue weighted by molar-refractivity contribution is 5.28. The first kappa shape index (κ1) is 23.5. The van der Waals surface area contributed by atoms with Gasteiger partial charge in [0.25, 0.3) is 0 Å². The Bertz CT molecular complexity index is 561. The summed E-state index contributed by atoms with van der Waals surface area (Å²) in [5.41, 5.74) is 5.47. The minimum Gasteiger partial charge on any atom is -0.0993 e. The first-order valence-electron chi connectivity index (χ1n) is 12.4. The molecule has 0 heteroatoms. The van der Waals surface area contributed by atoms with Crippen LogP contribution < -0.4 is 0 Å². The third-order valence-electron chi connectivity index (χ3n) is 8.40. The van der Waals surface area contributed by atoms with Crippen LogP contribution in [0.15, 0.2) is 35.5 Å². The molecule has 0 aromatic heterocycles. The van der Waals surface area contributed by atoms with Gasteiger partial charge in [-0.15, -0.1) is 0 Å². The molecule has 0 nitrogen and oxygen atoms in total. The zero-order chi connectivity index (χ0) is 20.9. The SMILES string of the molecule is C=C1C(C)CC(=C/C=C2\CCCC3(C)C2CCC3C(C)CCC)C[C@H]1C.CC. The molecule has 0 aromatic rings. The third-order valence-corrected chi connectivity index (χ3v) is 8.40. The molecule has 0 saturated heterocycles. The van der Waals surface area contributed by atoms with Crippen molar-refractivity contribution >= 4 is 0 Å². The van der Waals surface area contributed by atoms with E-state index in [4.69, 9.17) is 0 Å². The van der Waals surface area contributed by atoms with E-state index in [2.05, 4.69) is 53.3 Å². The fourth-order valence-corrected chi connectivity index (χ4v) is 6.85. The van der Waals surface area contributed by atoms with E-state index in [0.29, 0.717) is 17.3 Å². The van der Waals surface area contributed by atoms with Crippen molar-refractivity contribution < 1.29 is 0 Å². The van der Waals surface area contributed by atoms with E-state index in [1.165, 1.54) is 63.4 Å². The van der Waals surface area contributed by atoms with Crippen LogP contribution in [-0.2, 0) is 0 Å². The second-order valence-corrected chi connectivity index (χ2v) is 10.2. The molecule has 6 atom stereocenters. The Morgan fingerprint density at radius 1 is 1.11 bits per heavy atom. The Kier molecular flexibility index (Phi) is 8.65. The zero-order valence-corrected chi connectivity index (χ0v) is 20.1. The number of hydrogen-bond acceptors (Lipinski definition) is 0. The standard InChI is InChI=1S/C26H42.C2H6/c1-7-9-18(2)24-13-14-25-23(10-8-15-26(24,25)6)12-11-22-16-19(3)21(5)20(4)17-22;1-2/h11-12,18-20,24-25H,5,7-10,13-17H2,1-4,6H3;1-2H3/b22-11?,23-12+;/t18?,19-,20?,24?,25?,26?;/m1./s1. The lowest BCUT2D eigenvalue weighted by atomic mass is 9.60. The van der Waals surface area contributed by atoms with Crippen molar-refractivity contribution in [1.82, 2.24) is 0 Å². The fourth-order valence-electron chi connectivity index (χ4n) is 6.85. The maximum Gasteiger partial charge on any atom is -0.0143 e. The first-order valence-corrected chi connectivity index (χ1v) is 12.4. The summed E-state index contributed by atoms with van der Waals surface area (Å²) in [6.07, 6.45) is 17.4. The lowest BCUT2D eigenvalue weighted by molar-refractivity contribution is 0.0940. The average molecular weight is 385 g/mol. The zero-order valence-electron chi connectivity index (χ0n) is 20.1. The lowest BCUT2D eigenvalue weighted by Crippen LogP contribution is -2.35. The van der Waals surface area contributed by atoms with Crippen LogP contribution in [0.25, 0.3) is 0 Å². The molecule has 3 fully saturated rings. The average Bonchev–Trinajstić information content (AvgIpc) is 3.03. The van der Waals surface area contributed by atoms with Gasteiger partial charge in [0.15, 0.2) is 0 Å². The van der Waals surface area contributed by atoms with E-state index in [9.17, 15) is 0 Å². The molecule has 5 unspecified atom stereocenters. The van der Waals surface area contributed by atoms with E-state index in [1.807, 2.05) is 13.8 Å². The highest BCUT2D eigenvalue weighted by Crippen LogP contribution is 2.59. The Labute approximate surface area is 177 Å². The van der Waals surface area contributed by atoms with Crippen molar-refractivity contribution in [2.45, 2.75) is 106 Å². The summed E-state index contributed by atoms with van der Waals surface area (Å²) < 4.78 is 0. The summed E-state index contributed by atoms with van der Waals surface area (Å²) in [6.45, 7) is 20.5. The van der Waals surface area contributed by atoms with Crippen molar-refractivity contribution in [3.05, 3.63) is 35.5 Å². The lowest BCUT2D eigenvalue weighted by Gasteiger charge is -2.44. The second-order valence-electron chi connectivity index (χ2n) is 10.2. The summed E-state index contributed by atoms with van der Waals surface area (Å²) >= 11 is 0. The smallest absolute Gasteiger partial charge is 0.0143 e. The molecular formula is C28H48. The normalized spacial score (nSPS) is 39.5. The van der Waals surface area contributed by atoms with Crippen molar-refractivity contribution in [2.75, 3.05) is 0 Å². The van der Waals surface area contributed by atoms with Crippen LogP contribution in [0.3, 0.4) is 0 Å². The molecule has 0 amide bonds. The van der Waals surface area contributed by atoms with Crippen LogP contribution in [0.2, 0.25) is 0 Å². The van der Waals surface area contributed by atoms with Gasteiger partial charge < -0.3 is 0 Å². The molecule has 0 aromatic carbocycles. The monoisotopic (exact) mass is 384 g/mol. The third kappa shape index (κ3) is 4.85. The van der Waals surface area contributed by atoms with Gasteiger partial charge in [-0.05, 0) is 80.0 Å². The van der Waals surface area contributed by atoms with Gasteiger partial charge in [0.1, 0.15) is 0 Å². The van der Waals surface area contributed by atoms with Crippen LogP contribution >= 0.6 is 0 Å². The number of rotatable bonds is 4. The van der Waals surface area contributed by atoms with E-state index in [0.717, 1.165) is 17.8 Å². The molecule has 0 radical (unpaired) electrons.